The summed E-state index contributed by atoms with van der Waals surface area (Å²) in [6, 6.07) is 10.1. The fourth-order valence-electron chi connectivity index (χ4n) is 2.54. The number of methoxy groups -OCH3 is 2. The number of amides is 1. The van der Waals surface area contributed by atoms with Crippen LogP contribution in [0.2, 0.25) is 0 Å². The van der Waals surface area contributed by atoms with Crippen molar-refractivity contribution in [2.75, 3.05) is 33.1 Å². The molecule has 2 aromatic carbocycles. The topological polar surface area (TPSA) is 52.0 Å². The van der Waals surface area contributed by atoms with E-state index < -0.39 is 5.82 Å². The maximum absolute atomic E-state index is 13.8. The fourth-order valence-corrected chi connectivity index (χ4v) is 2.87. The van der Waals surface area contributed by atoms with Gasteiger partial charge in [-0.25, -0.2) is 4.39 Å². The predicted octanol–water partition coefficient (Wildman–Crippen LogP) is 2.26. The van der Waals surface area contributed by atoms with E-state index in [0.29, 0.717) is 22.5 Å². The number of anilines is 1. The van der Waals surface area contributed by atoms with Crippen LogP contribution in [0.5, 0.6) is 11.5 Å². The van der Waals surface area contributed by atoms with Gasteiger partial charge in [-0.2, -0.15) is 0 Å². The Kier molecular flexibility index (Phi) is 6.78. The lowest BCUT2D eigenvalue weighted by molar-refractivity contribution is -0.885. The zero-order valence-electron chi connectivity index (χ0n) is 14.4. The summed E-state index contributed by atoms with van der Waals surface area (Å²) >= 11 is 3.19. The van der Waals surface area contributed by atoms with E-state index >= 15 is 0 Å². The highest BCUT2D eigenvalue weighted by Crippen LogP contribution is 2.30. The van der Waals surface area contributed by atoms with Gasteiger partial charge in [0, 0.05) is 4.47 Å². The number of likely N-dealkylation sites (N-methyl/N-ethyl adjacent to an activating group) is 1. The minimum atomic E-state index is -0.477. The van der Waals surface area contributed by atoms with Gasteiger partial charge in [-0.15, -0.1) is 0 Å². The Balaban J connectivity index is 2.00. The number of para-hydroxylation sites is 1. The lowest BCUT2D eigenvalue weighted by Crippen LogP contribution is -3.08. The zero-order chi connectivity index (χ0) is 18.4. The number of carbonyl (C=O) groups excluding carboxylic acids is 1. The van der Waals surface area contributed by atoms with Gasteiger partial charge < -0.3 is 19.7 Å². The highest BCUT2D eigenvalue weighted by atomic mass is 79.9. The molecule has 1 atom stereocenters. The molecule has 25 heavy (non-hydrogen) atoms. The van der Waals surface area contributed by atoms with Crippen LogP contribution in [-0.2, 0) is 11.3 Å². The number of rotatable bonds is 7. The first-order chi connectivity index (χ1) is 11.9. The monoisotopic (exact) mass is 411 g/mol. The molecular formula is C18H21BrFN2O3+. The second kappa shape index (κ2) is 8.82. The normalized spacial score (nSPS) is 11.7. The third kappa shape index (κ3) is 5.17. The van der Waals surface area contributed by atoms with Gasteiger partial charge in [-0.1, -0.05) is 22.0 Å². The first-order valence-corrected chi connectivity index (χ1v) is 8.50. The lowest BCUT2D eigenvalue weighted by atomic mass is 10.1. The van der Waals surface area contributed by atoms with E-state index in [-0.39, 0.29) is 18.1 Å². The molecule has 134 valence electrons. The maximum Gasteiger partial charge on any atom is 0.279 e. The second-order valence-electron chi connectivity index (χ2n) is 5.64. The number of carbonyl (C=O) groups is 1. The molecule has 0 saturated carbocycles. The van der Waals surface area contributed by atoms with Crippen LogP contribution < -0.4 is 19.7 Å². The molecule has 0 aliphatic rings. The van der Waals surface area contributed by atoms with Gasteiger partial charge in [0.1, 0.15) is 12.4 Å². The highest BCUT2D eigenvalue weighted by molar-refractivity contribution is 9.10. The SMILES string of the molecule is COc1cccc(C[NH+](C)CC(=O)Nc2ccc(Br)cc2F)c1OC. The highest BCUT2D eigenvalue weighted by Gasteiger charge is 2.17. The summed E-state index contributed by atoms with van der Waals surface area (Å²) in [7, 11) is 5.05. The third-order valence-corrected chi connectivity index (χ3v) is 4.14. The second-order valence-corrected chi connectivity index (χ2v) is 6.55. The number of quaternary nitrogens is 1. The molecule has 0 spiro atoms. The van der Waals surface area contributed by atoms with Gasteiger partial charge in [-0.05, 0) is 30.3 Å². The van der Waals surface area contributed by atoms with E-state index in [0.717, 1.165) is 10.5 Å². The van der Waals surface area contributed by atoms with Gasteiger partial charge in [0.15, 0.2) is 18.0 Å². The van der Waals surface area contributed by atoms with E-state index in [1.807, 2.05) is 25.2 Å². The number of nitrogens with one attached hydrogen (secondary N) is 2. The molecule has 0 aliphatic heterocycles. The third-order valence-electron chi connectivity index (χ3n) is 3.64. The Morgan fingerprint density at radius 2 is 2.00 bits per heavy atom. The van der Waals surface area contributed by atoms with Crippen LogP contribution in [-0.4, -0.2) is 33.7 Å². The molecule has 0 saturated heterocycles. The Morgan fingerprint density at radius 3 is 2.64 bits per heavy atom. The molecule has 1 amide bonds. The molecule has 0 bridgehead atoms. The van der Waals surface area contributed by atoms with Gasteiger partial charge in [-0.3, -0.25) is 4.79 Å². The van der Waals surface area contributed by atoms with Crippen LogP contribution in [0.15, 0.2) is 40.9 Å². The van der Waals surface area contributed by atoms with Crippen LogP contribution in [0, 0.1) is 5.82 Å². The molecule has 7 heteroatoms. The molecule has 1 unspecified atom stereocenters. The first kappa shape index (κ1) is 19.2. The van der Waals surface area contributed by atoms with Crippen molar-refractivity contribution in [3.63, 3.8) is 0 Å². The summed E-state index contributed by atoms with van der Waals surface area (Å²) < 4.78 is 25.1. The molecule has 0 aliphatic carbocycles. The Bertz CT molecular complexity index is 755. The summed E-state index contributed by atoms with van der Waals surface area (Å²) in [5.74, 6) is 0.563. The van der Waals surface area contributed by atoms with Crippen molar-refractivity contribution < 1.29 is 23.6 Å². The standard InChI is InChI=1S/C18H20BrFN2O3/c1-22(10-12-5-4-6-16(24-2)18(12)25-3)11-17(23)21-15-8-7-13(19)9-14(15)20/h4-9H,10-11H2,1-3H3,(H,21,23)/p+1. The maximum atomic E-state index is 13.8. The molecule has 2 N–H and O–H groups in total. The number of benzene rings is 2. The largest absolute Gasteiger partial charge is 0.493 e. The molecule has 0 fully saturated rings. The molecule has 2 aromatic rings. The van der Waals surface area contributed by atoms with Crippen molar-refractivity contribution in [3.05, 3.63) is 52.3 Å². The van der Waals surface area contributed by atoms with Crippen molar-refractivity contribution in [3.8, 4) is 11.5 Å². The summed E-state index contributed by atoms with van der Waals surface area (Å²) in [5, 5.41) is 2.59. The quantitative estimate of drug-likeness (QED) is 0.734. The Morgan fingerprint density at radius 1 is 1.24 bits per heavy atom. The van der Waals surface area contributed by atoms with Gasteiger partial charge in [0.2, 0.25) is 0 Å². The molecule has 5 nitrogen and oxygen atoms in total. The summed E-state index contributed by atoms with van der Waals surface area (Å²) in [6.45, 7) is 0.756. The van der Waals surface area contributed by atoms with E-state index in [4.69, 9.17) is 9.47 Å². The summed E-state index contributed by atoms with van der Waals surface area (Å²) in [4.78, 5) is 13.1. The number of hydrogen-bond acceptors (Lipinski definition) is 3. The molecule has 0 radical (unpaired) electrons. The summed E-state index contributed by atoms with van der Waals surface area (Å²) in [6.07, 6.45) is 0. The summed E-state index contributed by atoms with van der Waals surface area (Å²) in [5.41, 5.74) is 1.10. The molecule has 0 aromatic heterocycles. The van der Waals surface area contributed by atoms with Crippen LogP contribution in [0.25, 0.3) is 0 Å². The fraction of sp³-hybridized carbons (Fsp3) is 0.278. The van der Waals surface area contributed by atoms with Gasteiger partial charge in [0.05, 0.1) is 32.5 Å². The van der Waals surface area contributed by atoms with Crippen molar-refractivity contribution in [2.24, 2.45) is 0 Å². The Labute approximate surface area is 154 Å². The first-order valence-electron chi connectivity index (χ1n) is 7.70. The predicted molar refractivity (Wildman–Crippen MR) is 97.7 cm³/mol. The van der Waals surface area contributed by atoms with E-state index in [9.17, 15) is 9.18 Å². The number of ether oxygens (including phenoxy) is 2. The van der Waals surface area contributed by atoms with E-state index in [1.54, 1.807) is 20.3 Å². The van der Waals surface area contributed by atoms with E-state index in [1.165, 1.54) is 12.1 Å². The van der Waals surface area contributed by atoms with Crippen LogP contribution in [0.3, 0.4) is 0 Å². The minimum absolute atomic E-state index is 0.167. The average Bonchev–Trinajstić information content (AvgIpc) is 2.57. The number of halogens is 2. The molecule has 0 heterocycles. The molecular weight excluding hydrogens is 391 g/mol. The van der Waals surface area contributed by atoms with Crippen molar-refractivity contribution >= 4 is 27.5 Å². The van der Waals surface area contributed by atoms with Gasteiger partial charge >= 0.3 is 0 Å². The van der Waals surface area contributed by atoms with Crippen molar-refractivity contribution in [2.45, 2.75) is 6.54 Å². The van der Waals surface area contributed by atoms with Crippen LogP contribution in [0.1, 0.15) is 5.56 Å². The zero-order valence-corrected chi connectivity index (χ0v) is 15.9. The number of hydrogen-bond donors (Lipinski definition) is 2. The lowest BCUT2D eigenvalue weighted by Gasteiger charge is -2.17. The molecule has 2 rings (SSSR count). The van der Waals surface area contributed by atoms with Gasteiger partial charge in [0.25, 0.3) is 5.91 Å². The van der Waals surface area contributed by atoms with Crippen molar-refractivity contribution in [1.82, 2.24) is 0 Å². The average molecular weight is 412 g/mol. The van der Waals surface area contributed by atoms with E-state index in [2.05, 4.69) is 21.2 Å². The Hall–Kier alpha value is -2.12. The minimum Gasteiger partial charge on any atom is -0.493 e. The smallest absolute Gasteiger partial charge is 0.279 e. The van der Waals surface area contributed by atoms with Crippen molar-refractivity contribution in [1.29, 1.82) is 0 Å². The van der Waals surface area contributed by atoms with Crippen LogP contribution in [0.4, 0.5) is 10.1 Å². The van der Waals surface area contributed by atoms with Crippen LogP contribution >= 0.6 is 15.9 Å².